The average Bonchev–Trinajstić information content (AvgIpc) is 1.08. The van der Waals surface area contributed by atoms with Crippen molar-refractivity contribution < 1.29 is 94.9 Å². The van der Waals surface area contributed by atoms with Crippen molar-refractivity contribution in [1.29, 1.82) is 0 Å². The molecule has 0 aliphatic carbocycles. The van der Waals surface area contributed by atoms with Crippen LogP contribution in [0.15, 0.2) is 146 Å². The second-order valence-corrected chi connectivity index (χ2v) is 21.1. The second kappa shape index (κ2) is 50.4. The van der Waals surface area contributed by atoms with Crippen molar-refractivity contribution in [2.75, 3.05) is 185 Å². The first-order valence-corrected chi connectivity index (χ1v) is 33.0. The standard InChI is InChI=1S/C74H98O20/c1-3-5-7-33-89-67-21-17-63(18-22-67)61-9-13-65(14-10-61)73(75)93-71-29-25-69(26-30-71)91-59-57-87-55-53-85-51-49-83-47-45-81-43-41-79-39-37-77-35-36-78-38-40-80-42-44-82-46-48-84-50-52-86-54-56-88-58-60-92-70-27-31-72(32-28-70)94-74(76)66-15-11-62(12-16-66)64-19-23-68(24-20-64)90-34-8-6-4-2/h9-32H,3-8,33-60H2,1-2H3. The molecule has 0 unspecified atom stereocenters. The third-order valence-corrected chi connectivity index (χ3v) is 13.8. The van der Waals surface area contributed by atoms with Crippen LogP contribution in [-0.2, 0) is 56.8 Å². The lowest BCUT2D eigenvalue weighted by Crippen LogP contribution is -2.15. The van der Waals surface area contributed by atoms with Gasteiger partial charge in [0.05, 0.1) is 183 Å². The average molecular weight is 1310 g/mol. The first-order valence-electron chi connectivity index (χ1n) is 33.0. The first-order chi connectivity index (χ1) is 46.5. The van der Waals surface area contributed by atoms with Gasteiger partial charge in [0.2, 0.25) is 0 Å². The smallest absolute Gasteiger partial charge is 0.343 e. The maximum atomic E-state index is 12.8. The minimum atomic E-state index is -0.435. The molecule has 0 aliphatic rings. The maximum absolute atomic E-state index is 12.8. The SMILES string of the molecule is CCCCCOc1ccc(-c2ccc(C(=O)Oc3ccc(OCCOCCOCCOCCOCCOCCOCCOCCOCCOCCOCCOCCOCCOc4ccc(OC(=O)c5ccc(-c6ccc(OCCCCC)cc6)cc5)cc4)cc3)cc2)cc1. The van der Waals surface area contributed by atoms with Gasteiger partial charge in [-0.1, -0.05) is 88.1 Å². The van der Waals surface area contributed by atoms with Crippen molar-refractivity contribution in [2.24, 2.45) is 0 Å². The Kier molecular flexibility index (Phi) is 40.8. The summed E-state index contributed by atoms with van der Waals surface area (Å²) in [5.74, 6) is 2.98. The molecule has 94 heavy (non-hydrogen) atoms. The van der Waals surface area contributed by atoms with Gasteiger partial charge in [0, 0.05) is 0 Å². The highest BCUT2D eigenvalue weighted by Gasteiger charge is 2.12. The van der Waals surface area contributed by atoms with Gasteiger partial charge in [-0.2, -0.15) is 0 Å². The monoisotopic (exact) mass is 1310 g/mol. The van der Waals surface area contributed by atoms with Crippen LogP contribution in [0.2, 0.25) is 0 Å². The number of carbonyl (C=O) groups excluding carboxylic acids is 2. The van der Waals surface area contributed by atoms with E-state index in [0.29, 0.717) is 206 Å². The minimum Gasteiger partial charge on any atom is -0.494 e. The number of carbonyl (C=O) groups is 2. The summed E-state index contributed by atoms with van der Waals surface area (Å²) in [6.07, 6.45) is 6.75. The predicted molar refractivity (Wildman–Crippen MR) is 357 cm³/mol. The van der Waals surface area contributed by atoms with E-state index in [9.17, 15) is 9.59 Å². The zero-order chi connectivity index (χ0) is 65.8. The minimum absolute atomic E-state index is 0.366. The Morgan fingerprint density at radius 3 is 0.617 bits per heavy atom. The van der Waals surface area contributed by atoms with E-state index in [2.05, 4.69) is 13.8 Å². The molecule has 0 amide bonds. The van der Waals surface area contributed by atoms with Crippen molar-refractivity contribution in [3.8, 4) is 56.8 Å². The summed E-state index contributed by atoms with van der Waals surface area (Å²) >= 11 is 0. The number of hydrogen-bond donors (Lipinski definition) is 0. The molecule has 0 aliphatic heterocycles. The van der Waals surface area contributed by atoms with Gasteiger partial charge in [-0.15, -0.1) is 0 Å². The van der Waals surface area contributed by atoms with E-state index in [1.807, 2.05) is 72.8 Å². The van der Waals surface area contributed by atoms with Crippen LogP contribution in [-0.4, -0.2) is 197 Å². The molecule has 0 N–H and O–H groups in total. The molecular weight excluding hydrogens is 1210 g/mol. The van der Waals surface area contributed by atoms with Crippen LogP contribution in [0.5, 0.6) is 34.5 Å². The van der Waals surface area contributed by atoms with Crippen molar-refractivity contribution in [3.63, 3.8) is 0 Å². The fraction of sp³-hybridized carbons (Fsp3) is 0.486. The van der Waals surface area contributed by atoms with E-state index in [1.165, 1.54) is 0 Å². The quantitative estimate of drug-likeness (QED) is 0.0198. The van der Waals surface area contributed by atoms with E-state index in [1.54, 1.807) is 72.8 Å². The molecule has 0 aromatic heterocycles. The van der Waals surface area contributed by atoms with E-state index in [-0.39, 0.29) is 0 Å². The zero-order valence-electron chi connectivity index (χ0n) is 55.1. The Hall–Kier alpha value is -7.02. The summed E-state index contributed by atoms with van der Waals surface area (Å²) in [7, 11) is 0. The molecule has 6 rings (SSSR count). The highest BCUT2D eigenvalue weighted by atomic mass is 16.6. The molecule has 20 heteroatoms. The summed E-state index contributed by atoms with van der Waals surface area (Å²) in [5.41, 5.74) is 5.01. The Balaban J connectivity index is 0.594. The Labute approximate surface area is 555 Å². The lowest BCUT2D eigenvalue weighted by atomic mass is 10.0. The number of esters is 2. The molecule has 0 atom stereocenters. The molecule has 0 saturated carbocycles. The van der Waals surface area contributed by atoms with Crippen molar-refractivity contribution >= 4 is 11.9 Å². The van der Waals surface area contributed by atoms with Gasteiger partial charge in [-0.3, -0.25) is 0 Å². The fourth-order valence-electron chi connectivity index (χ4n) is 8.67. The van der Waals surface area contributed by atoms with Gasteiger partial charge in [0.1, 0.15) is 47.7 Å². The first kappa shape index (κ1) is 76.0. The molecule has 20 nitrogen and oxygen atoms in total. The molecule has 0 spiro atoms. The van der Waals surface area contributed by atoms with Gasteiger partial charge in [0.25, 0.3) is 0 Å². The molecule has 0 radical (unpaired) electrons. The van der Waals surface area contributed by atoms with E-state index in [4.69, 9.17) is 85.3 Å². The van der Waals surface area contributed by atoms with Gasteiger partial charge in [-0.25, -0.2) is 9.59 Å². The molecule has 0 bridgehead atoms. The highest BCUT2D eigenvalue weighted by Crippen LogP contribution is 2.27. The fourth-order valence-corrected chi connectivity index (χ4v) is 8.67. The van der Waals surface area contributed by atoms with Crippen molar-refractivity contribution in [1.82, 2.24) is 0 Å². The van der Waals surface area contributed by atoms with Crippen molar-refractivity contribution in [2.45, 2.75) is 52.4 Å². The van der Waals surface area contributed by atoms with Crippen molar-refractivity contribution in [3.05, 3.63) is 157 Å². The highest BCUT2D eigenvalue weighted by molar-refractivity contribution is 5.92. The van der Waals surface area contributed by atoms with Crippen LogP contribution < -0.4 is 28.4 Å². The van der Waals surface area contributed by atoms with Gasteiger partial charge in [-0.05, 0) is 132 Å². The van der Waals surface area contributed by atoms with Gasteiger partial charge in [0.15, 0.2) is 0 Å². The van der Waals surface area contributed by atoms with Gasteiger partial charge >= 0.3 is 11.9 Å². The topological polar surface area (TPSA) is 200 Å². The summed E-state index contributed by atoms with van der Waals surface area (Å²) in [5, 5.41) is 0. The Morgan fingerprint density at radius 2 is 0.394 bits per heavy atom. The summed E-state index contributed by atoms with van der Waals surface area (Å²) in [6.45, 7) is 17.5. The van der Waals surface area contributed by atoms with Crippen LogP contribution in [0.25, 0.3) is 22.3 Å². The molecule has 6 aromatic carbocycles. The Morgan fingerprint density at radius 1 is 0.213 bits per heavy atom. The Bertz CT molecular complexity index is 2630. The largest absolute Gasteiger partial charge is 0.494 e. The summed E-state index contributed by atoms with van der Waals surface area (Å²) in [4.78, 5) is 25.6. The summed E-state index contributed by atoms with van der Waals surface area (Å²) in [6, 6.07) is 44.5. The third-order valence-electron chi connectivity index (χ3n) is 13.8. The zero-order valence-corrected chi connectivity index (χ0v) is 55.1. The van der Waals surface area contributed by atoms with Crippen LogP contribution >= 0.6 is 0 Å². The molecule has 514 valence electrons. The lowest BCUT2D eigenvalue weighted by Gasteiger charge is -2.10. The van der Waals surface area contributed by atoms with E-state index < -0.39 is 11.9 Å². The third kappa shape index (κ3) is 34.4. The number of rotatable bonds is 57. The number of hydrogen-bond acceptors (Lipinski definition) is 20. The van der Waals surface area contributed by atoms with Crippen LogP contribution in [0, 0.1) is 0 Å². The molecule has 0 heterocycles. The molecule has 0 fully saturated rings. The van der Waals surface area contributed by atoms with Gasteiger partial charge < -0.3 is 85.3 Å². The molecule has 6 aromatic rings. The lowest BCUT2D eigenvalue weighted by molar-refractivity contribution is -0.0287. The van der Waals surface area contributed by atoms with E-state index in [0.717, 1.165) is 85.5 Å². The second-order valence-electron chi connectivity index (χ2n) is 21.1. The van der Waals surface area contributed by atoms with Crippen LogP contribution in [0.1, 0.15) is 73.1 Å². The van der Waals surface area contributed by atoms with E-state index >= 15 is 0 Å². The summed E-state index contributed by atoms with van der Waals surface area (Å²) < 4.78 is 101. The van der Waals surface area contributed by atoms with Crippen LogP contribution in [0.4, 0.5) is 0 Å². The van der Waals surface area contributed by atoms with Crippen LogP contribution in [0.3, 0.4) is 0 Å². The maximum Gasteiger partial charge on any atom is 0.343 e. The number of ether oxygens (including phenoxy) is 18. The molecular formula is C74H98O20. The normalized spacial score (nSPS) is 11.2. The predicted octanol–water partition coefficient (Wildman–Crippen LogP) is 12.3. The molecule has 0 saturated heterocycles. The number of unbranched alkanes of at least 4 members (excludes halogenated alkanes) is 4. The number of benzene rings is 6.